The molecule has 9 heteroatoms. The van der Waals surface area contributed by atoms with Crippen molar-refractivity contribution in [2.75, 3.05) is 18.5 Å². The topological polar surface area (TPSA) is 132 Å². The Balaban J connectivity index is 1.89. The minimum absolute atomic E-state index is 0.0456. The minimum atomic E-state index is -0.803. The number of rotatable bonds is 7. The standard InChI is InChI=1S/C20H18N2O7/c1-12-2-4-15-13(9-19(24)29-18(15)8-12)11-28-20(25)16-10-14(22(26)27)3-5-17(16)21-6-7-23/h2-5,8-10,21,23H,6-7,11H2,1H3. The third-order valence-corrected chi connectivity index (χ3v) is 4.21. The number of esters is 1. The van der Waals surface area contributed by atoms with Crippen LogP contribution in [0.5, 0.6) is 0 Å². The first-order valence-corrected chi connectivity index (χ1v) is 8.72. The highest BCUT2D eigenvalue weighted by Crippen LogP contribution is 2.24. The molecule has 0 aliphatic rings. The number of ether oxygens (including phenoxy) is 1. The number of aliphatic hydroxyl groups excluding tert-OH is 1. The van der Waals surface area contributed by atoms with Gasteiger partial charge in [0.15, 0.2) is 0 Å². The molecule has 9 nitrogen and oxygen atoms in total. The highest BCUT2D eigenvalue weighted by atomic mass is 16.6. The third-order valence-electron chi connectivity index (χ3n) is 4.21. The molecular formula is C20H18N2O7. The van der Waals surface area contributed by atoms with Gasteiger partial charge in [-0.3, -0.25) is 10.1 Å². The van der Waals surface area contributed by atoms with E-state index in [1.165, 1.54) is 18.2 Å². The van der Waals surface area contributed by atoms with E-state index in [1.54, 1.807) is 12.1 Å². The molecule has 3 rings (SSSR count). The zero-order valence-corrected chi connectivity index (χ0v) is 15.5. The molecule has 0 amide bonds. The summed E-state index contributed by atoms with van der Waals surface area (Å²) < 4.78 is 10.5. The molecule has 1 aromatic heterocycles. The summed E-state index contributed by atoms with van der Waals surface area (Å²) in [6.45, 7) is 1.61. The molecule has 0 fully saturated rings. The van der Waals surface area contributed by atoms with Crippen LogP contribution in [0.25, 0.3) is 11.0 Å². The summed E-state index contributed by atoms with van der Waals surface area (Å²) in [5, 5.41) is 23.5. The lowest BCUT2D eigenvalue weighted by Crippen LogP contribution is -2.13. The van der Waals surface area contributed by atoms with Crippen LogP contribution >= 0.6 is 0 Å². The van der Waals surface area contributed by atoms with Crippen LogP contribution in [0.2, 0.25) is 0 Å². The molecule has 0 radical (unpaired) electrons. The summed E-state index contributed by atoms with van der Waals surface area (Å²) in [6, 6.07) is 10.3. The van der Waals surface area contributed by atoms with Crippen molar-refractivity contribution in [3.05, 3.63) is 79.7 Å². The van der Waals surface area contributed by atoms with Crippen LogP contribution in [0.1, 0.15) is 21.5 Å². The summed E-state index contributed by atoms with van der Waals surface area (Å²) in [4.78, 5) is 34.8. The number of carbonyl (C=O) groups excluding carboxylic acids is 1. The van der Waals surface area contributed by atoms with Crippen molar-refractivity contribution in [2.45, 2.75) is 13.5 Å². The number of fused-ring (bicyclic) bond motifs is 1. The minimum Gasteiger partial charge on any atom is -0.457 e. The van der Waals surface area contributed by atoms with Crippen LogP contribution in [-0.2, 0) is 11.3 Å². The molecule has 150 valence electrons. The molecule has 0 spiro atoms. The molecule has 0 saturated heterocycles. The van der Waals surface area contributed by atoms with Gasteiger partial charge in [0.1, 0.15) is 12.2 Å². The number of hydrogen-bond donors (Lipinski definition) is 2. The lowest BCUT2D eigenvalue weighted by atomic mass is 10.1. The summed E-state index contributed by atoms with van der Waals surface area (Å²) in [7, 11) is 0. The normalized spacial score (nSPS) is 10.7. The molecule has 29 heavy (non-hydrogen) atoms. The van der Waals surface area contributed by atoms with Gasteiger partial charge in [-0.05, 0) is 24.6 Å². The fraction of sp³-hybridized carbons (Fsp3) is 0.200. The van der Waals surface area contributed by atoms with Crippen LogP contribution in [0.15, 0.2) is 51.7 Å². The fourth-order valence-corrected chi connectivity index (χ4v) is 2.84. The third kappa shape index (κ3) is 4.58. The van der Waals surface area contributed by atoms with Gasteiger partial charge in [-0.2, -0.15) is 0 Å². The average molecular weight is 398 g/mol. The van der Waals surface area contributed by atoms with Crippen molar-refractivity contribution < 1.29 is 24.0 Å². The largest absolute Gasteiger partial charge is 0.457 e. The quantitative estimate of drug-likeness (QED) is 0.269. The van der Waals surface area contributed by atoms with E-state index in [1.807, 2.05) is 13.0 Å². The zero-order valence-electron chi connectivity index (χ0n) is 15.5. The van der Waals surface area contributed by atoms with Crippen LogP contribution in [0.3, 0.4) is 0 Å². The Kier molecular flexibility index (Phi) is 5.89. The van der Waals surface area contributed by atoms with Gasteiger partial charge in [0.2, 0.25) is 0 Å². The maximum Gasteiger partial charge on any atom is 0.340 e. The number of nitro groups is 1. The number of hydrogen-bond acceptors (Lipinski definition) is 8. The van der Waals surface area contributed by atoms with Crippen molar-refractivity contribution in [2.24, 2.45) is 0 Å². The number of aryl methyl sites for hydroxylation is 1. The van der Waals surface area contributed by atoms with E-state index in [0.717, 1.165) is 11.6 Å². The number of nitrogens with zero attached hydrogens (tertiary/aromatic N) is 1. The van der Waals surface area contributed by atoms with Gasteiger partial charge >= 0.3 is 11.6 Å². The summed E-state index contributed by atoms with van der Waals surface area (Å²) in [5.74, 6) is -0.803. The van der Waals surface area contributed by atoms with Gasteiger partial charge in [0.05, 0.1) is 17.1 Å². The second-order valence-electron chi connectivity index (χ2n) is 6.30. The van der Waals surface area contributed by atoms with E-state index in [4.69, 9.17) is 14.3 Å². The van der Waals surface area contributed by atoms with Gasteiger partial charge in [-0.15, -0.1) is 0 Å². The first-order chi connectivity index (χ1) is 13.9. The first kappa shape index (κ1) is 20.0. The molecule has 0 atom stereocenters. The van der Waals surface area contributed by atoms with E-state index < -0.39 is 16.5 Å². The molecule has 0 unspecified atom stereocenters. The van der Waals surface area contributed by atoms with Crippen LogP contribution < -0.4 is 10.9 Å². The fourth-order valence-electron chi connectivity index (χ4n) is 2.84. The van der Waals surface area contributed by atoms with Crippen molar-refractivity contribution in [1.29, 1.82) is 0 Å². The maximum absolute atomic E-state index is 12.6. The molecule has 1 heterocycles. The molecule has 0 aliphatic carbocycles. The first-order valence-electron chi connectivity index (χ1n) is 8.72. The molecule has 0 aliphatic heterocycles. The number of carbonyl (C=O) groups is 1. The van der Waals surface area contributed by atoms with Crippen LogP contribution in [-0.4, -0.2) is 29.2 Å². The smallest absolute Gasteiger partial charge is 0.340 e. The number of non-ortho nitro benzene ring substituents is 1. The summed E-state index contributed by atoms with van der Waals surface area (Å²) in [5.41, 5.74) is 1.15. The Morgan fingerprint density at radius 1 is 1.24 bits per heavy atom. The Morgan fingerprint density at radius 3 is 2.76 bits per heavy atom. The van der Waals surface area contributed by atoms with Gasteiger partial charge in [0, 0.05) is 41.4 Å². The Morgan fingerprint density at radius 2 is 2.03 bits per heavy atom. The predicted molar refractivity (Wildman–Crippen MR) is 105 cm³/mol. The van der Waals surface area contributed by atoms with Crippen molar-refractivity contribution in [1.82, 2.24) is 0 Å². The second-order valence-corrected chi connectivity index (χ2v) is 6.30. The lowest BCUT2D eigenvalue weighted by molar-refractivity contribution is -0.384. The molecule has 0 bridgehead atoms. The SMILES string of the molecule is Cc1ccc2c(COC(=O)c3cc([N+](=O)[O-])ccc3NCCO)cc(=O)oc2c1. The number of aliphatic hydroxyl groups is 1. The number of nitrogens with one attached hydrogen (secondary N) is 1. The number of anilines is 1. The van der Waals surface area contributed by atoms with E-state index in [-0.39, 0.29) is 31.0 Å². The number of benzene rings is 2. The summed E-state index contributed by atoms with van der Waals surface area (Å²) in [6.07, 6.45) is 0. The Labute approximate surface area is 164 Å². The van der Waals surface area contributed by atoms with E-state index in [2.05, 4.69) is 5.32 Å². The van der Waals surface area contributed by atoms with Gasteiger partial charge in [-0.25, -0.2) is 9.59 Å². The predicted octanol–water partition coefficient (Wildman–Crippen LogP) is 2.77. The van der Waals surface area contributed by atoms with Crippen LogP contribution in [0, 0.1) is 17.0 Å². The van der Waals surface area contributed by atoms with E-state index in [9.17, 15) is 19.7 Å². The van der Waals surface area contributed by atoms with Gasteiger partial charge in [0.25, 0.3) is 5.69 Å². The Hall–Kier alpha value is -3.72. The van der Waals surface area contributed by atoms with Crippen molar-refractivity contribution in [3.63, 3.8) is 0 Å². The molecule has 2 aromatic carbocycles. The Bertz CT molecular complexity index is 1140. The van der Waals surface area contributed by atoms with Gasteiger partial charge in [-0.1, -0.05) is 12.1 Å². The zero-order chi connectivity index (χ0) is 21.0. The van der Waals surface area contributed by atoms with E-state index in [0.29, 0.717) is 22.2 Å². The highest BCUT2D eigenvalue weighted by Gasteiger charge is 2.19. The highest BCUT2D eigenvalue weighted by molar-refractivity contribution is 5.96. The molecule has 2 N–H and O–H groups in total. The molecule has 3 aromatic rings. The monoisotopic (exact) mass is 398 g/mol. The second kappa shape index (κ2) is 8.53. The molecular weight excluding hydrogens is 380 g/mol. The number of nitro benzene ring substituents is 1. The van der Waals surface area contributed by atoms with E-state index >= 15 is 0 Å². The van der Waals surface area contributed by atoms with Crippen LogP contribution in [0.4, 0.5) is 11.4 Å². The van der Waals surface area contributed by atoms with Crippen molar-refractivity contribution >= 4 is 28.3 Å². The maximum atomic E-state index is 12.6. The van der Waals surface area contributed by atoms with Crippen molar-refractivity contribution in [3.8, 4) is 0 Å². The van der Waals surface area contributed by atoms with Gasteiger partial charge < -0.3 is 19.6 Å². The summed E-state index contributed by atoms with van der Waals surface area (Å²) >= 11 is 0. The molecule has 0 saturated carbocycles. The lowest BCUT2D eigenvalue weighted by Gasteiger charge is -2.12. The average Bonchev–Trinajstić information content (AvgIpc) is 2.69.